The van der Waals surface area contributed by atoms with Crippen molar-refractivity contribution in [3.8, 4) is 17.5 Å². The van der Waals surface area contributed by atoms with Crippen molar-refractivity contribution in [1.29, 1.82) is 5.26 Å². The summed E-state index contributed by atoms with van der Waals surface area (Å²) in [5, 5.41) is 16.9. The smallest absolute Gasteiger partial charge is 0.171 e. The SMILES string of the molecule is N#Cc1ccn2c(-c3cncnc3)nnc2c1. The second kappa shape index (κ2) is 3.64. The van der Waals surface area contributed by atoms with Gasteiger partial charge in [-0.15, -0.1) is 10.2 Å². The van der Waals surface area contributed by atoms with Gasteiger partial charge in [-0.3, -0.25) is 4.40 Å². The summed E-state index contributed by atoms with van der Waals surface area (Å²) < 4.78 is 1.79. The minimum absolute atomic E-state index is 0.556. The van der Waals surface area contributed by atoms with E-state index in [1.165, 1.54) is 6.33 Å². The molecule has 80 valence electrons. The Morgan fingerprint density at radius 2 is 2.00 bits per heavy atom. The van der Waals surface area contributed by atoms with Crippen molar-refractivity contribution in [3.05, 3.63) is 42.6 Å². The molecular weight excluding hydrogens is 216 g/mol. The Bertz CT molecular complexity index is 710. The molecule has 17 heavy (non-hydrogen) atoms. The van der Waals surface area contributed by atoms with E-state index >= 15 is 0 Å². The topological polar surface area (TPSA) is 79.8 Å². The normalized spacial score (nSPS) is 10.3. The van der Waals surface area contributed by atoms with Crippen molar-refractivity contribution in [2.75, 3.05) is 0 Å². The molecule has 0 radical (unpaired) electrons. The fraction of sp³-hybridized carbons (Fsp3) is 0. The highest BCUT2D eigenvalue weighted by molar-refractivity contribution is 5.58. The summed E-state index contributed by atoms with van der Waals surface area (Å²) in [6.45, 7) is 0. The largest absolute Gasteiger partial charge is 0.282 e. The summed E-state index contributed by atoms with van der Waals surface area (Å²) in [6, 6.07) is 5.46. The number of hydrogen-bond acceptors (Lipinski definition) is 5. The van der Waals surface area contributed by atoms with Gasteiger partial charge >= 0.3 is 0 Å². The Morgan fingerprint density at radius 3 is 2.76 bits per heavy atom. The molecule has 0 N–H and O–H groups in total. The molecule has 0 unspecified atom stereocenters. The lowest BCUT2D eigenvalue weighted by Gasteiger charge is -1.98. The maximum atomic E-state index is 8.79. The molecular formula is C11H6N6. The summed E-state index contributed by atoms with van der Waals surface area (Å²) in [4.78, 5) is 7.87. The minimum atomic E-state index is 0.556. The summed E-state index contributed by atoms with van der Waals surface area (Å²) in [5.74, 6) is 0.657. The van der Waals surface area contributed by atoms with Crippen molar-refractivity contribution in [2.45, 2.75) is 0 Å². The van der Waals surface area contributed by atoms with Crippen LogP contribution in [0.25, 0.3) is 17.0 Å². The number of rotatable bonds is 1. The van der Waals surface area contributed by atoms with Crippen LogP contribution in [-0.4, -0.2) is 24.6 Å². The van der Waals surface area contributed by atoms with Crippen LogP contribution in [0.15, 0.2) is 37.1 Å². The molecule has 0 amide bonds. The van der Waals surface area contributed by atoms with Gasteiger partial charge < -0.3 is 0 Å². The van der Waals surface area contributed by atoms with Gasteiger partial charge in [0.1, 0.15) is 6.33 Å². The molecule has 0 saturated heterocycles. The third-order valence-electron chi connectivity index (χ3n) is 2.36. The number of nitriles is 1. The average Bonchev–Trinajstić information content (AvgIpc) is 2.82. The van der Waals surface area contributed by atoms with E-state index in [2.05, 4.69) is 26.2 Å². The van der Waals surface area contributed by atoms with Crippen molar-refractivity contribution < 1.29 is 0 Å². The molecule has 0 saturated carbocycles. The monoisotopic (exact) mass is 222 g/mol. The first-order valence-corrected chi connectivity index (χ1v) is 4.89. The van der Waals surface area contributed by atoms with Gasteiger partial charge in [-0.05, 0) is 6.07 Å². The number of nitrogens with zero attached hydrogens (tertiary/aromatic N) is 6. The quantitative estimate of drug-likeness (QED) is 0.615. The molecule has 3 heterocycles. The summed E-state index contributed by atoms with van der Waals surface area (Å²) in [7, 11) is 0. The predicted octanol–water partition coefficient (Wildman–Crippen LogP) is 1.06. The first-order valence-electron chi connectivity index (χ1n) is 4.89. The molecule has 6 heteroatoms. The molecule has 0 atom stereocenters. The van der Waals surface area contributed by atoms with Gasteiger partial charge in [-0.2, -0.15) is 5.26 Å². The first-order chi connectivity index (χ1) is 8.38. The zero-order valence-corrected chi connectivity index (χ0v) is 8.65. The zero-order valence-electron chi connectivity index (χ0n) is 8.65. The van der Waals surface area contributed by atoms with Gasteiger partial charge in [-0.25, -0.2) is 9.97 Å². The van der Waals surface area contributed by atoms with Crippen LogP contribution in [0, 0.1) is 11.3 Å². The molecule has 0 fully saturated rings. The summed E-state index contributed by atoms with van der Waals surface area (Å²) in [5.41, 5.74) is 1.97. The van der Waals surface area contributed by atoms with Crippen LogP contribution in [0.2, 0.25) is 0 Å². The Kier molecular flexibility index (Phi) is 2.02. The Balaban J connectivity index is 2.23. The third kappa shape index (κ3) is 1.50. The van der Waals surface area contributed by atoms with Crippen LogP contribution in [0.3, 0.4) is 0 Å². The Morgan fingerprint density at radius 1 is 1.18 bits per heavy atom. The van der Waals surface area contributed by atoms with E-state index in [1.54, 1.807) is 35.1 Å². The number of aromatic nitrogens is 5. The average molecular weight is 222 g/mol. The van der Waals surface area contributed by atoms with Crippen LogP contribution in [0.5, 0.6) is 0 Å². The maximum absolute atomic E-state index is 8.79. The van der Waals surface area contributed by atoms with Crippen LogP contribution in [0.1, 0.15) is 5.56 Å². The van der Waals surface area contributed by atoms with Crippen molar-refractivity contribution >= 4 is 5.65 Å². The van der Waals surface area contributed by atoms with Gasteiger partial charge in [0.25, 0.3) is 0 Å². The fourth-order valence-corrected chi connectivity index (χ4v) is 1.57. The van der Waals surface area contributed by atoms with E-state index in [1.807, 2.05) is 0 Å². The van der Waals surface area contributed by atoms with Gasteiger partial charge in [0.15, 0.2) is 11.5 Å². The minimum Gasteiger partial charge on any atom is -0.282 e. The molecule has 0 spiro atoms. The lowest BCUT2D eigenvalue weighted by molar-refractivity contribution is 1.09. The van der Waals surface area contributed by atoms with Gasteiger partial charge in [0.05, 0.1) is 17.2 Å². The standard InChI is InChI=1S/C11H6N6/c12-4-8-1-2-17-10(3-8)15-16-11(17)9-5-13-7-14-6-9/h1-3,5-7H. The summed E-state index contributed by atoms with van der Waals surface area (Å²) in [6.07, 6.45) is 6.56. The molecule has 0 aliphatic heterocycles. The van der Waals surface area contributed by atoms with E-state index in [9.17, 15) is 0 Å². The predicted molar refractivity (Wildman–Crippen MR) is 58.7 cm³/mol. The Hall–Kier alpha value is -2.81. The lowest BCUT2D eigenvalue weighted by atomic mass is 10.3. The Labute approximate surface area is 96.2 Å². The second-order valence-corrected chi connectivity index (χ2v) is 3.41. The molecule has 0 aliphatic carbocycles. The highest BCUT2D eigenvalue weighted by Crippen LogP contribution is 2.16. The number of hydrogen-bond donors (Lipinski definition) is 0. The highest BCUT2D eigenvalue weighted by atomic mass is 15.2. The highest BCUT2D eigenvalue weighted by Gasteiger charge is 2.08. The third-order valence-corrected chi connectivity index (χ3v) is 2.36. The fourth-order valence-electron chi connectivity index (χ4n) is 1.57. The van der Waals surface area contributed by atoms with Crippen LogP contribution < -0.4 is 0 Å². The van der Waals surface area contributed by atoms with Gasteiger partial charge in [-0.1, -0.05) is 0 Å². The lowest BCUT2D eigenvalue weighted by Crippen LogP contribution is -1.91. The van der Waals surface area contributed by atoms with Crippen molar-refractivity contribution in [3.63, 3.8) is 0 Å². The van der Waals surface area contributed by atoms with Crippen molar-refractivity contribution in [2.24, 2.45) is 0 Å². The first kappa shape index (κ1) is 9.42. The molecule has 3 rings (SSSR count). The van der Waals surface area contributed by atoms with E-state index in [4.69, 9.17) is 5.26 Å². The van der Waals surface area contributed by atoms with E-state index in [0.717, 1.165) is 5.56 Å². The van der Waals surface area contributed by atoms with Gasteiger partial charge in [0, 0.05) is 24.7 Å². The zero-order chi connectivity index (χ0) is 11.7. The molecule has 3 aromatic rings. The van der Waals surface area contributed by atoms with E-state index < -0.39 is 0 Å². The number of fused-ring (bicyclic) bond motifs is 1. The molecule has 0 bridgehead atoms. The van der Waals surface area contributed by atoms with Crippen LogP contribution in [0.4, 0.5) is 0 Å². The van der Waals surface area contributed by atoms with Crippen LogP contribution >= 0.6 is 0 Å². The maximum Gasteiger partial charge on any atom is 0.171 e. The van der Waals surface area contributed by atoms with E-state index in [0.29, 0.717) is 17.0 Å². The second-order valence-electron chi connectivity index (χ2n) is 3.41. The van der Waals surface area contributed by atoms with E-state index in [-0.39, 0.29) is 0 Å². The number of pyridine rings is 1. The van der Waals surface area contributed by atoms with Crippen molar-refractivity contribution in [1.82, 2.24) is 24.6 Å². The summed E-state index contributed by atoms with van der Waals surface area (Å²) >= 11 is 0. The van der Waals surface area contributed by atoms with Gasteiger partial charge in [0.2, 0.25) is 0 Å². The molecule has 3 aromatic heterocycles. The molecule has 0 aromatic carbocycles. The van der Waals surface area contributed by atoms with Crippen LogP contribution in [-0.2, 0) is 0 Å². The molecule has 0 aliphatic rings. The molecule has 6 nitrogen and oxygen atoms in total.